The predicted octanol–water partition coefficient (Wildman–Crippen LogP) is 3.18. The van der Waals surface area contributed by atoms with Gasteiger partial charge in [0.2, 0.25) is 0 Å². The minimum Gasteiger partial charge on any atom is -0.693 e. The summed E-state index contributed by atoms with van der Waals surface area (Å²) in [5.41, 5.74) is 0.324. The van der Waals surface area contributed by atoms with Crippen molar-refractivity contribution in [3.05, 3.63) is 46.9 Å². The molecule has 0 aliphatic carbocycles. The molecule has 0 atom stereocenters. The number of rotatable bonds is 2. The molecule has 0 spiro atoms. The number of hydrogen-bond acceptors (Lipinski definition) is 2. The molecule has 0 bridgehead atoms. The van der Waals surface area contributed by atoms with Crippen LogP contribution >= 0.6 is 0 Å². The molecule has 0 saturated carbocycles. The fraction of sp³-hybridized carbons (Fsp3) is 0.500. The molecule has 2 aliphatic heterocycles. The van der Waals surface area contributed by atoms with Gasteiger partial charge >= 0.3 is 33.0 Å². The molecule has 21 heavy (non-hydrogen) atoms. The maximum atomic E-state index is 10.3. The number of carboxylic acids is 2. The van der Waals surface area contributed by atoms with E-state index in [1.807, 2.05) is 0 Å². The summed E-state index contributed by atoms with van der Waals surface area (Å²) in [5, 5.41) is 24.7. The largest absolute Gasteiger partial charge is 4.00 e. The van der Waals surface area contributed by atoms with Gasteiger partial charge in [-0.2, -0.15) is 6.20 Å². The van der Waals surface area contributed by atoms with Crippen LogP contribution in [0.3, 0.4) is 0 Å². The van der Waals surface area contributed by atoms with Crippen LogP contribution in [-0.4, -0.2) is 41.8 Å². The average molecular weight is 479 g/mol. The molecule has 1 fully saturated rings. The van der Waals surface area contributed by atoms with Gasteiger partial charge in [-0.1, -0.05) is 25.0 Å². The second-order valence-corrected chi connectivity index (χ2v) is 3.93. The number of nitrogens with zero attached hydrogens (tertiary/aromatic N) is 2. The number of carbonyl (C=O) groups is 2. The summed E-state index contributed by atoms with van der Waals surface area (Å²) in [6, 6.07) is 0. The first kappa shape index (κ1) is 24.8. The van der Waals surface area contributed by atoms with Gasteiger partial charge in [0, 0.05) is 0 Å². The monoisotopic (exact) mass is 479 g/mol. The van der Waals surface area contributed by atoms with E-state index in [0.29, 0.717) is 12.1 Å². The minimum absolute atomic E-state index is 0. The molecule has 0 radical (unpaired) electrons. The van der Waals surface area contributed by atoms with Gasteiger partial charge in [0.05, 0.1) is 11.5 Å². The van der Waals surface area contributed by atoms with E-state index < -0.39 is 11.9 Å². The third-order valence-electron chi connectivity index (χ3n) is 2.64. The van der Waals surface area contributed by atoms with Crippen LogP contribution in [0.1, 0.15) is 12.8 Å². The summed E-state index contributed by atoms with van der Waals surface area (Å²) in [6.07, 6.45) is 6.02. The predicted molar refractivity (Wildman–Crippen MR) is 77.1 cm³/mol. The van der Waals surface area contributed by atoms with Crippen molar-refractivity contribution in [3.8, 4) is 0 Å². The van der Waals surface area contributed by atoms with E-state index in [4.69, 9.17) is 10.2 Å². The number of hydrogen-bond donors (Lipinski definition) is 2. The van der Waals surface area contributed by atoms with E-state index in [2.05, 4.69) is 10.6 Å². The van der Waals surface area contributed by atoms with E-state index in [0.717, 1.165) is 25.9 Å². The fourth-order valence-electron chi connectivity index (χ4n) is 1.57. The number of nitrogens with two attached hydrogens (primary N) is 2. The second-order valence-electron chi connectivity index (χ2n) is 3.93. The van der Waals surface area contributed by atoms with Crippen molar-refractivity contribution in [2.45, 2.75) is 12.8 Å². The number of carboxylic acid groups (broad SMARTS) is 2. The van der Waals surface area contributed by atoms with Crippen molar-refractivity contribution >= 4 is 11.9 Å². The molecule has 0 aromatic heterocycles. The first-order valence-electron chi connectivity index (χ1n) is 5.74. The standard InChI is InChI=1S/C6H10NO2.C6H6NO2.2H2N.Pt/c2*8-6(9)5-1-3-7-4-2-5;;;/h5H,1-4H2,(H,8,9);1-3H,4H2,(H,8,9);2*1H2;/q4*-1;+4. The fourth-order valence-corrected chi connectivity index (χ4v) is 1.57. The molecule has 0 unspecified atom stereocenters. The zero-order chi connectivity index (χ0) is 13.4. The van der Waals surface area contributed by atoms with Crippen LogP contribution in [0.5, 0.6) is 0 Å². The Morgan fingerprint density at radius 3 is 2.00 bits per heavy atom. The van der Waals surface area contributed by atoms with E-state index in [-0.39, 0.29) is 39.3 Å². The van der Waals surface area contributed by atoms with Crippen molar-refractivity contribution in [3.63, 3.8) is 0 Å². The van der Waals surface area contributed by atoms with Crippen LogP contribution < -0.4 is 0 Å². The van der Waals surface area contributed by atoms with Gasteiger partial charge in [0.25, 0.3) is 0 Å². The topological polar surface area (TPSA) is 170 Å². The maximum Gasteiger partial charge on any atom is 4.00 e. The minimum atomic E-state index is -0.888. The van der Waals surface area contributed by atoms with Crippen molar-refractivity contribution in [2.24, 2.45) is 5.92 Å². The van der Waals surface area contributed by atoms with Gasteiger partial charge in [0.1, 0.15) is 0 Å². The Bertz CT molecular complexity index is 368. The van der Waals surface area contributed by atoms with E-state index in [9.17, 15) is 9.59 Å². The second kappa shape index (κ2) is 13.8. The van der Waals surface area contributed by atoms with Crippen molar-refractivity contribution < 1.29 is 40.9 Å². The molecular weight excluding hydrogens is 459 g/mol. The van der Waals surface area contributed by atoms with Crippen LogP contribution in [0.4, 0.5) is 0 Å². The van der Waals surface area contributed by atoms with Crippen LogP contribution in [-0.2, 0) is 30.7 Å². The number of aliphatic carboxylic acids is 2. The quantitative estimate of drug-likeness (QED) is 0.620. The summed E-state index contributed by atoms with van der Waals surface area (Å²) in [5.74, 6) is -1.67. The van der Waals surface area contributed by atoms with Gasteiger partial charge in [0.15, 0.2) is 0 Å². The SMILES string of the molecule is O=C(O)C1=CC[N-]C=C1.O=C(O)C1CC[N-]CC1.[NH2-].[NH2-].[Pt+4]. The summed E-state index contributed by atoms with van der Waals surface area (Å²) in [6.45, 7) is 1.95. The Labute approximate surface area is 138 Å². The normalized spacial score (nSPS) is 16.3. The Kier molecular flexibility index (Phi) is 16.2. The summed E-state index contributed by atoms with van der Waals surface area (Å²) >= 11 is 0. The molecule has 9 heteroatoms. The van der Waals surface area contributed by atoms with Gasteiger partial charge in [-0.05, 0) is 0 Å². The van der Waals surface area contributed by atoms with Crippen molar-refractivity contribution in [2.75, 3.05) is 19.6 Å². The van der Waals surface area contributed by atoms with Crippen LogP contribution in [0.15, 0.2) is 23.9 Å². The average Bonchev–Trinajstić information content (AvgIpc) is 2.41. The van der Waals surface area contributed by atoms with E-state index >= 15 is 0 Å². The summed E-state index contributed by atoms with van der Waals surface area (Å²) in [4.78, 5) is 20.5. The van der Waals surface area contributed by atoms with Crippen molar-refractivity contribution in [1.29, 1.82) is 0 Å². The molecule has 0 amide bonds. The first-order valence-corrected chi connectivity index (χ1v) is 5.74. The zero-order valence-corrected chi connectivity index (χ0v) is 13.7. The third-order valence-corrected chi connectivity index (χ3v) is 2.64. The summed E-state index contributed by atoms with van der Waals surface area (Å²) < 4.78 is 0. The molecule has 1 saturated heterocycles. The van der Waals surface area contributed by atoms with Crippen LogP contribution in [0, 0.1) is 5.92 Å². The molecule has 2 heterocycles. The van der Waals surface area contributed by atoms with E-state index in [1.165, 1.54) is 12.3 Å². The van der Waals surface area contributed by atoms with Crippen molar-refractivity contribution in [1.82, 2.24) is 0 Å². The molecule has 0 aromatic carbocycles. The molecular formula is C12H20N4O4Pt. The van der Waals surface area contributed by atoms with Gasteiger partial charge < -0.3 is 33.1 Å². The Morgan fingerprint density at radius 1 is 1.14 bits per heavy atom. The maximum absolute atomic E-state index is 10.3. The van der Waals surface area contributed by atoms with Crippen LogP contribution in [0.2, 0.25) is 0 Å². The Morgan fingerprint density at radius 2 is 1.71 bits per heavy atom. The molecule has 6 N–H and O–H groups in total. The molecule has 8 nitrogen and oxygen atoms in total. The molecule has 122 valence electrons. The molecule has 0 aromatic rings. The molecule has 2 aliphatic rings. The number of piperidine rings is 1. The molecule has 2 rings (SSSR count). The smallest absolute Gasteiger partial charge is 0.693 e. The van der Waals surface area contributed by atoms with E-state index in [1.54, 1.807) is 6.08 Å². The Hall–Kier alpha value is -1.21. The summed E-state index contributed by atoms with van der Waals surface area (Å²) in [7, 11) is 0. The third kappa shape index (κ3) is 10.2. The first-order chi connectivity index (χ1) is 8.61. The van der Waals surface area contributed by atoms with Gasteiger partial charge in [-0.3, -0.25) is 4.79 Å². The zero-order valence-electron chi connectivity index (χ0n) is 11.4. The Balaban J connectivity index is -0.000000270. The van der Waals surface area contributed by atoms with Gasteiger partial charge in [-0.25, -0.2) is 4.79 Å². The van der Waals surface area contributed by atoms with Crippen LogP contribution in [0.25, 0.3) is 22.9 Å². The van der Waals surface area contributed by atoms with Gasteiger partial charge in [-0.15, -0.1) is 19.6 Å².